The number of anilines is 2. The minimum Gasteiger partial charge on any atom is -0.305 e. The number of likely N-dealkylation sites (tertiary alicyclic amines) is 1. The molecule has 0 saturated carbocycles. The van der Waals surface area contributed by atoms with Gasteiger partial charge in [0, 0.05) is 24.8 Å². The SMILES string of the molecule is CC1(C)C(=O)N(c2ccc(C#N)c(C(F)(F)F)c2)C(=S)N1c1ccc(OOC(=O)N2CCC2)c(F)c1. The van der Waals surface area contributed by atoms with Gasteiger partial charge in [0.2, 0.25) is 5.75 Å². The maximum absolute atomic E-state index is 14.8. The predicted octanol–water partition coefficient (Wildman–Crippen LogP) is 4.77. The molecule has 2 amide bonds. The number of alkyl halides is 3. The molecule has 0 spiro atoms. The molecule has 0 radical (unpaired) electrons. The van der Waals surface area contributed by atoms with Crippen molar-refractivity contribution in [3.8, 4) is 11.8 Å². The predicted molar refractivity (Wildman–Crippen MR) is 123 cm³/mol. The zero-order valence-electron chi connectivity index (χ0n) is 18.9. The Morgan fingerprint density at radius 1 is 1.14 bits per heavy atom. The lowest BCUT2D eigenvalue weighted by molar-refractivity contribution is -0.159. The van der Waals surface area contributed by atoms with Crippen LogP contribution in [0.4, 0.5) is 33.7 Å². The first-order valence-corrected chi connectivity index (χ1v) is 11.0. The quantitative estimate of drug-likeness (QED) is 0.248. The highest BCUT2D eigenvalue weighted by molar-refractivity contribution is 7.81. The molecular formula is C23H18F4N4O4S. The third kappa shape index (κ3) is 4.28. The van der Waals surface area contributed by atoms with E-state index in [1.54, 1.807) is 0 Å². The second kappa shape index (κ2) is 8.94. The highest BCUT2D eigenvalue weighted by atomic mass is 32.1. The van der Waals surface area contributed by atoms with Crippen molar-refractivity contribution in [1.29, 1.82) is 5.26 Å². The van der Waals surface area contributed by atoms with E-state index in [0.717, 1.165) is 23.5 Å². The summed E-state index contributed by atoms with van der Waals surface area (Å²) in [7, 11) is 0. The zero-order chi connectivity index (χ0) is 26.4. The Balaban J connectivity index is 1.62. The first-order chi connectivity index (χ1) is 16.9. The molecule has 2 saturated heterocycles. The third-order valence-corrected chi connectivity index (χ3v) is 6.21. The summed E-state index contributed by atoms with van der Waals surface area (Å²) < 4.78 is 55.2. The lowest BCUT2D eigenvalue weighted by atomic mass is 10.0. The molecule has 2 aromatic rings. The van der Waals surface area contributed by atoms with Crippen molar-refractivity contribution in [3.05, 3.63) is 53.3 Å². The smallest absolute Gasteiger partial charge is 0.305 e. The molecule has 8 nitrogen and oxygen atoms in total. The molecule has 0 aliphatic carbocycles. The van der Waals surface area contributed by atoms with E-state index in [9.17, 15) is 27.2 Å². The summed E-state index contributed by atoms with van der Waals surface area (Å²) in [5, 5.41) is 8.84. The lowest BCUT2D eigenvalue weighted by Gasteiger charge is -2.30. The third-order valence-electron chi connectivity index (χ3n) is 5.85. The van der Waals surface area contributed by atoms with Gasteiger partial charge in [-0.2, -0.15) is 18.4 Å². The standard InChI is InChI=1S/C23H18F4N4O4S/c1-22(2)19(32)30(14-5-4-13(12-28)16(10-14)23(25,26)27)20(36)31(22)15-6-7-18(17(24)11-15)34-35-21(33)29-8-3-9-29/h4-7,10-11H,3,8-9H2,1-2H3. The van der Waals surface area contributed by atoms with Crippen LogP contribution in [-0.2, 0) is 15.9 Å². The average molecular weight is 522 g/mol. The molecule has 2 fully saturated rings. The lowest BCUT2D eigenvalue weighted by Crippen LogP contribution is -2.44. The van der Waals surface area contributed by atoms with Gasteiger partial charge in [-0.3, -0.25) is 14.6 Å². The molecule has 2 heterocycles. The second-order valence-electron chi connectivity index (χ2n) is 8.54. The van der Waals surface area contributed by atoms with Gasteiger partial charge in [0.15, 0.2) is 10.9 Å². The molecule has 0 unspecified atom stereocenters. The number of carbonyl (C=O) groups is 2. The Bertz CT molecular complexity index is 1300. The number of hydrogen-bond donors (Lipinski definition) is 0. The number of carbonyl (C=O) groups excluding carboxylic acids is 2. The molecule has 0 N–H and O–H groups in total. The van der Waals surface area contributed by atoms with Crippen molar-refractivity contribution in [2.75, 3.05) is 22.9 Å². The zero-order valence-corrected chi connectivity index (χ0v) is 19.7. The molecular weight excluding hydrogens is 504 g/mol. The van der Waals surface area contributed by atoms with Crippen LogP contribution >= 0.6 is 12.2 Å². The van der Waals surface area contributed by atoms with Crippen molar-refractivity contribution in [1.82, 2.24) is 4.90 Å². The molecule has 188 valence electrons. The highest BCUT2D eigenvalue weighted by Gasteiger charge is 2.51. The number of rotatable bonds is 4. The second-order valence-corrected chi connectivity index (χ2v) is 8.91. The number of benzene rings is 2. The molecule has 36 heavy (non-hydrogen) atoms. The van der Waals surface area contributed by atoms with Gasteiger partial charge >= 0.3 is 12.3 Å². The minimum absolute atomic E-state index is 0.115. The van der Waals surface area contributed by atoms with Crippen LogP contribution in [0.15, 0.2) is 36.4 Å². The summed E-state index contributed by atoms with van der Waals surface area (Å²) in [4.78, 5) is 38.0. The van der Waals surface area contributed by atoms with Gasteiger partial charge in [-0.25, -0.2) is 14.1 Å². The molecule has 0 aromatic heterocycles. The van der Waals surface area contributed by atoms with E-state index in [-0.39, 0.29) is 22.2 Å². The van der Waals surface area contributed by atoms with Gasteiger partial charge in [0.05, 0.1) is 22.9 Å². The number of thiocarbonyl (C=S) groups is 1. The van der Waals surface area contributed by atoms with Crippen molar-refractivity contribution >= 4 is 40.7 Å². The van der Waals surface area contributed by atoms with E-state index in [1.807, 2.05) is 0 Å². The van der Waals surface area contributed by atoms with Crippen LogP contribution in [0.2, 0.25) is 0 Å². The fourth-order valence-corrected chi connectivity index (χ4v) is 4.31. The topological polar surface area (TPSA) is 86.1 Å². The Hall–Kier alpha value is -3.92. The van der Waals surface area contributed by atoms with Crippen LogP contribution in [0.25, 0.3) is 0 Å². The molecule has 13 heteroatoms. The van der Waals surface area contributed by atoms with E-state index < -0.39 is 40.7 Å². The maximum Gasteiger partial charge on any atom is 0.452 e. The largest absolute Gasteiger partial charge is 0.452 e. The number of nitriles is 1. The van der Waals surface area contributed by atoms with E-state index in [1.165, 1.54) is 47.9 Å². The summed E-state index contributed by atoms with van der Waals surface area (Å²) in [5.74, 6) is -1.97. The van der Waals surface area contributed by atoms with Crippen LogP contribution in [0.1, 0.15) is 31.4 Å². The number of halogens is 4. The Morgan fingerprint density at radius 2 is 1.81 bits per heavy atom. The summed E-state index contributed by atoms with van der Waals surface area (Å²) in [6.07, 6.45) is -4.76. The Morgan fingerprint density at radius 3 is 2.36 bits per heavy atom. The molecule has 0 bridgehead atoms. The van der Waals surface area contributed by atoms with Crippen molar-refractivity contribution in [2.24, 2.45) is 0 Å². The number of amides is 2. The van der Waals surface area contributed by atoms with E-state index in [0.29, 0.717) is 19.2 Å². The fraction of sp³-hybridized carbons (Fsp3) is 0.304. The first-order valence-electron chi connectivity index (χ1n) is 10.6. The van der Waals surface area contributed by atoms with E-state index >= 15 is 0 Å². The monoisotopic (exact) mass is 522 g/mol. The summed E-state index contributed by atoms with van der Waals surface area (Å²) in [6, 6.07) is 7.82. The Kier molecular flexibility index (Phi) is 6.25. The van der Waals surface area contributed by atoms with Crippen LogP contribution < -0.4 is 14.7 Å². The van der Waals surface area contributed by atoms with E-state index in [2.05, 4.69) is 4.89 Å². The van der Waals surface area contributed by atoms with Crippen LogP contribution in [0.5, 0.6) is 5.75 Å². The molecule has 2 aliphatic heterocycles. The molecule has 0 atom stereocenters. The molecule has 2 aromatic carbocycles. The number of nitrogens with zero attached hydrogens (tertiary/aromatic N) is 4. The van der Waals surface area contributed by atoms with Crippen LogP contribution in [0.3, 0.4) is 0 Å². The Labute approximate surface area is 208 Å². The van der Waals surface area contributed by atoms with Gasteiger partial charge in [-0.1, -0.05) is 0 Å². The summed E-state index contributed by atoms with van der Waals surface area (Å²) in [6.45, 7) is 3.99. The summed E-state index contributed by atoms with van der Waals surface area (Å²) in [5.41, 5.74) is -3.29. The molecule has 2 aliphatic rings. The highest BCUT2D eigenvalue weighted by Crippen LogP contribution is 2.40. The van der Waals surface area contributed by atoms with Crippen molar-refractivity contribution in [2.45, 2.75) is 32.0 Å². The first kappa shape index (κ1) is 25.2. The van der Waals surface area contributed by atoms with Gasteiger partial charge < -0.3 is 9.80 Å². The van der Waals surface area contributed by atoms with Gasteiger partial charge in [0.25, 0.3) is 5.91 Å². The fourth-order valence-electron chi connectivity index (χ4n) is 3.79. The average Bonchev–Trinajstić information content (AvgIpc) is 2.94. The van der Waals surface area contributed by atoms with E-state index in [4.69, 9.17) is 22.4 Å². The van der Waals surface area contributed by atoms with Gasteiger partial charge in [-0.15, -0.1) is 0 Å². The van der Waals surface area contributed by atoms with Crippen LogP contribution in [0, 0.1) is 17.1 Å². The number of hydrogen-bond acceptors (Lipinski definition) is 6. The van der Waals surface area contributed by atoms with Gasteiger partial charge in [0.1, 0.15) is 5.54 Å². The normalized spacial score (nSPS) is 17.1. The maximum atomic E-state index is 14.8. The van der Waals surface area contributed by atoms with Crippen molar-refractivity contribution < 1.29 is 36.9 Å². The van der Waals surface area contributed by atoms with Crippen LogP contribution in [-0.4, -0.2) is 40.6 Å². The molecule has 4 rings (SSSR count). The van der Waals surface area contributed by atoms with Gasteiger partial charge in [-0.05, 0) is 62.8 Å². The minimum atomic E-state index is -4.83. The summed E-state index contributed by atoms with van der Waals surface area (Å²) >= 11 is 5.42. The van der Waals surface area contributed by atoms with Crippen molar-refractivity contribution in [3.63, 3.8) is 0 Å².